The van der Waals surface area contributed by atoms with E-state index in [0.29, 0.717) is 17.1 Å². The van der Waals surface area contributed by atoms with Crippen molar-refractivity contribution in [3.63, 3.8) is 0 Å². The average molecular weight is 388 g/mol. The molecule has 2 rings (SSSR count). The van der Waals surface area contributed by atoms with Gasteiger partial charge in [-0.2, -0.15) is 0 Å². The zero-order chi connectivity index (χ0) is 20.2. The molecule has 0 saturated heterocycles. The Balaban J connectivity index is 2.27. The van der Waals surface area contributed by atoms with Gasteiger partial charge in [-0.05, 0) is 42.4 Å². The maximum atomic E-state index is 10.7. The van der Waals surface area contributed by atoms with Crippen molar-refractivity contribution >= 4 is 37.4 Å². The van der Waals surface area contributed by atoms with Gasteiger partial charge < -0.3 is 15.3 Å². The van der Waals surface area contributed by atoms with Gasteiger partial charge in [0.1, 0.15) is 22.9 Å². The minimum atomic E-state index is -2.02. The first-order valence-corrected chi connectivity index (χ1v) is 11.4. The molecule has 0 aliphatic rings. The molecule has 27 heavy (non-hydrogen) atoms. The van der Waals surface area contributed by atoms with E-state index in [2.05, 4.69) is 54.4 Å². The first-order chi connectivity index (χ1) is 12.5. The quantitative estimate of drug-likeness (QED) is 0.458. The van der Waals surface area contributed by atoms with Crippen molar-refractivity contribution < 1.29 is 14.3 Å². The fourth-order valence-corrected chi connectivity index (χ4v) is 2.92. The van der Waals surface area contributed by atoms with Crippen molar-refractivity contribution in [3.8, 4) is 5.75 Å². The van der Waals surface area contributed by atoms with Crippen molar-refractivity contribution in [1.29, 1.82) is 0 Å². The van der Waals surface area contributed by atoms with E-state index in [-0.39, 0.29) is 16.7 Å². The number of aromatic nitrogens is 1. The van der Waals surface area contributed by atoms with Gasteiger partial charge in [-0.25, -0.2) is 9.78 Å². The molecular formula is C18H25N5O3Si. The van der Waals surface area contributed by atoms with Gasteiger partial charge >= 0.3 is 6.09 Å². The summed E-state index contributed by atoms with van der Waals surface area (Å²) in [6.07, 6.45) is -1.21. The van der Waals surface area contributed by atoms with Gasteiger partial charge in [-0.1, -0.05) is 32.9 Å². The molecule has 9 heteroatoms. The van der Waals surface area contributed by atoms with Crippen LogP contribution in [-0.2, 0) is 0 Å². The van der Waals surface area contributed by atoms with E-state index in [1.54, 1.807) is 6.07 Å². The molecule has 0 radical (unpaired) electrons. The lowest BCUT2D eigenvalue weighted by Crippen LogP contribution is -2.43. The van der Waals surface area contributed by atoms with Crippen LogP contribution < -0.4 is 15.5 Å². The Labute approximate surface area is 159 Å². The molecule has 8 nitrogen and oxygen atoms in total. The number of para-hydroxylation sites is 1. The zero-order valence-electron chi connectivity index (χ0n) is 16.1. The molecule has 0 fully saturated rings. The van der Waals surface area contributed by atoms with Crippen LogP contribution in [0.25, 0.3) is 0 Å². The standard InChI is InChI=1S/C18H25N5O3Si/c1-18(2,3)27(4,5)26-14-9-7-6-8-12(14)22-23-13-10-11-15(20-16(13)19)21-17(24)25/h6-11H,1-5H3,(H,24,25)(H3,19,20,21)/b23-22+. The lowest BCUT2D eigenvalue weighted by Gasteiger charge is -2.36. The van der Waals surface area contributed by atoms with Crippen LogP contribution >= 0.6 is 0 Å². The van der Waals surface area contributed by atoms with Crippen molar-refractivity contribution in [2.45, 2.75) is 38.9 Å². The monoisotopic (exact) mass is 387 g/mol. The smallest absolute Gasteiger partial charge is 0.410 e. The molecule has 0 aliphatic heterocycles. The second-order valence-electron chi connectivity index (χ2n) is 7.56. The summed E-state index contributed by atoms with van der Waals surface area (Å²) >= 11 is 0. The number of anilines is 2. The molecule has 0 spiro atoms. The van der Waals surface area contributed by atoms with Gasteiger partial charge in [0.2, 0.25) is 0 Å². The molecule has 0 bridgehead atoms. The highest BCUT2D eigenvalue weighted by atomic mass is 28.4. The maximum Gasteiger partial charge on any atom is 0.410 e. The van der Waals surface area contributed by atoms with Crippen LogP contribution in [-0.4, -0.2) is 24.5 Å². The lowest BCUT2D eigenvalue weighted by molar-refractivity contribution is 0.209. The van der Waals surface area contributed by atoms with Gasteiger partial charge in [0, 0.05) is 0 Å². The van der Waals surface area contributed by atoms with Crippen LogP contribution in [0.4, 0.5) is 27.8 Å². The van der Waals surface area contributed by atoms with Crippen LogP contribution in [0.15, 0.2) is 46.6 Å². The number of benzene rings is 1. The number of carbonyl (C=O) groups is 1. The van der Waals surface area contributed by atoms with Crippen LogP contribution in [0.1, 0.15) is 20.8 Å². The van der Waals surface area contributed by atoms with Crippen LogP contribution in [0.2, 0.25) is 18.1 Å². The summed E-state index contributed by atoms with van der Waals surface area (Å²) in [6.45, 7) is 10.8. The normalized spacial score (nSPS) is 12.2. The summed E-state index contributed by atoms with van der Waals surface area (Å²) in [6, 6.07) is 10.5. The predicted molar refractivity (Wildman–Crippen MR) is 109 cm³/mol. The summed E-state index contributed by atoms with van der Waals surface area (Å²) in [5.74, 6) is 0.872. The third-order valence-corrected chi connectivity index (χ3v) is 8.78. The van der Waals surface area contributed by atoms with Gasteiger partial charge in [0.25, 0.3) is 8.32 Å². The Morgan fingerprint density at radius 1 is 1.15 bits per heavy atom. The molecule has 1 aromatic heterocycles. The minimum absolute atomic E-state index is 0.0541. The second kappa shape index (κ2) is 7.75. The lowest BCUT2D eigenvalue weighted by atomic mass is 10.2. The summed E-state index contributed by atoms with van der Waals surface area (Å²) in [4.78, 5) is 14.6. The number of azo groups is 1. The highest BCUT2D eigenvalue weighted by molar-refractivity contribution is 6.74. The van der Waals surface area contributed by atoms with E-state index in [0.717, 1.165) is 0 Å². The molecule has 4 N–H and O–H groups in total. The van der Waals surface area contributed by atoms with Crippen molar-refractivity contribution in [3.05, 3.63) is 36.4 Å². The fraction of sp³-hybridized carbons (Fsp3) is 0.333. The van der Waals surface area contributed by atoms with Gasteiger partial charge in [0.15, 0.2) is 5.82 Å². The number of hydrogen-bond acceptors (Lipinski definition) is 6. The van der Waals surface area contributed by atoms with Crippen LogP contribution in [0.3, 0.4) is 0 Å². The second-order valence-corrected chi connectivity index (χ2v) is 12.3. The molecule has 1 heterocycles. The largest absolute Gasteiger partial charge is 0.542 e. The van der Waals surface area contributed by atoms with E-state index >= 15 is 0 Å². The fourth-order valence-electron chi connectivity index (χ4n) is 1.89. The van der Waals surface area contributed by atoms with Gasteiger partial charge in [-0.3, -0.25) is 5.32 Å². The molecule has 0 unspecified atom stereocenters. The van der Waals surface area contributed by atoms with E-state index in [4.69, 9.17) is 15.3 Å². The number of nitrogens with two attached hydrogens (primary N) is 1. The molecule has 1 amide bonds. The Morgan fingerprint density at radius 2 is 1.78 bits per heavy atom. The number of nitrogen functional groups attached to an aromatic ring is 1. The zero-order valence-corrected chi connectivity index (χ0v) is 17.1. The van der Waals surface area contributed by atoms with Crippen molar-refractivity contribution in [2.75, 3.05) is 11.1 Å². The molecule has 0 saturated carbocycles. The summed E-state index contributed by atoms with van der Waals surface area (Å²) in [5.41, 5.74) is 6.77. The molecule has 144 valence electrons. The van der Waals surface area contributed by atoms with E-state index in [1.807, 2.05) is 24.3 Å². The summed E-state index contributed by atoms with van der Waals surface area (Å²) < 4.78 is 6.34. The molecule has 0 atom stereocenters. The predicted octanol–water partition coefficient (Wildman–Crippen LogP) is 5.55. The number of carboxylic acid groups (broad SMARTS) is 1. The number of hydrogen-bond donors (Lipinski definition) is 3. The Morgan fingerprint density at radius 3 is 2.37 bits per heavy atom. The van der Waals surface area contributed by atoms with Crippen molar-refractivity contribution in [1.82, 2.24) is 4.98 Å². The SMILES string of the molecule is CC(C)(C)[Si](C)(C)Oc1ccccc1/N=N/c1ccc(NC(=O)O)nc1N. The number of amides is 1. The Kier molecular flexibility index (Phi) is 5.84. The third-order valence-electron chi connectivity index (χ3n) is 4.44. The number of pyridine rings is 1. The highest BCUT2D eigenvalue weighted by Crippen LogP contribution is 2.40. The van der Waals surface area contributed by atoms with E-state index in [1.165, 1.54) is 6.07 Å². The topological polar surface area (TPSA) is 122 Å². The van der Waals surface area contributed by atoms with Gasteiger partial charge in [0.05, 0.1) is 0 Å². The minimum Gasteiger partial charge on any atom is -0.542 e. The first-order valence-electron chi connectivity index (χ1n) is 8.46. The number of nitrogens with one attached hydrogen (secondary N) is 1. The van der Waals surface area contributed by atoms with Crippen LogP contribution in [0.5, 0.6) is 5.75 Å². The van der Waals surface area contributed by atoms with Crippen molar-refractivity contribution in [2.24, 2.45) is 10.2 Å². The Hall–Kier alpha value is -2.94. The number of nitrogens with zero attached hydrogens (tertiary/aromatic N) is 3. The maximum absolute atomic E-state index is 10.7. The van der Waals surface area contributed by atoms with Crippen LogP contribution in [0, 0.1) is 0 Å². The molecule has 2 aromatic rings. The third kappa shape index (κ3) is 5.27. The summed E-state index contributed by atoms with van der Waals surface area (Å²) in [5, 5.41) is 19.3. The van der Waals surface area contributed by atoms with E-state index in [9.17, 15) is 4.79 Å². The average Bonchev–Trinajstić information content (AvgIpc) is 2.53. The first kappa shape index (κ1) is 20.4. The highest BCUT2D eigenvalue weighted by Gasteiger charge is 2.39. The van der Waals surface area contributed by atoms with E-state index < -0.39 is 14.4 Å². The Bertz CT molecular complexity index is 862. The number of rotatable bonds is 5. The summed E-state index contributed by atoms with van der Waals surface area (Å²) in [7, 11) is -2.02. The molecular weight excluding hydrogens is 362 g/mol. The molecule has 0 aliphatic carbocycles. The molecule has 1 aromatic carbocycles. The van der Waals surface area contributed by atoms with Gasteiger partial charge in [-0.15, -0.1) is 10.2 Å².